The monoisotopic (exact) mass is 853 g/mol. The summed E-state index contributed by atoms with van der Waals surface area (Å²) < 4.78 is 33.8. The number of thioether (sulfide) groups is 2. The molecule has 0 aromatic heterocycles. The van der Waals surface area contributed by atoms with Gasteiger partial charge in [-0.25, -0.2) is 9.64 Å². The Balaban J connectivity index is 1.12. The lowest BCUT2D eigenvalue weighted by Crippen LogP contribution is -2.33. The highest BCUT2D eigenvalue weighted by atomic mass is 32.2. The highest BCUT2D eigenvalue weighted by molar-refractivity contribution is 8.24. The predicted octanol–water partition coefficient (Wildman–Crippen LogP) is 8.91. The Labute approximate surface area is 354 Å². The van der Waals surface area contributed by atoms with E-state index in [9.17, 15) is 28.8 Å². The van der Waals surface area contributed by atoms with Crippen LogP contribution in [0.1, 0.15) is 117 Å². The summed E-state index contributed by atoms with van der Waals surface area (Å²) in [6.07, 6.45) is 10.9. The summed E-state index contributed by atoms with van der Waals surface area (Å²) >= 11 is 2.25. The lowest BCUT2D eigenvalue weighted by molar-refractivity contribution is -0.160. The van der Waals surface area contributed by atoms with Gasteiger partial charge in [-0.1, -0.05) is 50.4 Å². The van der Waals surface area contributed by atoms with E-state index in [0.717, 1.165) is 61.7 Å². The Kier molecular flexibility index (Phi) is 17.8. The third-order valence-electron chi connectivity index (χ3n) is 11.3. The molecule has 3 fully saturated rings. The van der Waals surface area contributed by atoms with Crippen molar-refractivity contribution in [2.75, 3.05) is 19.8 Å². The van der Waals surface area contributed by atoms with Crippen molar-refractivity contribution in [2.45, 2.75) is 132 Å². The normalized spacial score (nSPS) is 24.6. The minimum atomic E-state index is -0.732. The van der Waals surface area contributed by atoms with Crippen molar-refractivity contribution in [1.82, 2.24) is 0 Å². The number of benzene rings is 1. The highest BCUT2D eigenvalue weighted by Gasteiger charge is 2.37. The van der Waals surface area contributed by atoms with Crippen molar-refractivity contribution in [2.24, 2.45) is 29.6 Å². The zero-order valence-corrected chi connectivity index (χ0v) is 35.6. The van der Waals surface area contributed by atoms with Crippen molar-refractivity contribution in [3.05, 3.63) is 46.1 Å². The maximum atomic E-state index is 13.6. The third kappa shape index (κ3) is 13.1. The molecule has 1 heterocycles. The van der Waals surface area contributed by atoms with Gasteiger partial charge in [-0.05, 0) is 114 Å². The van der Waals surface area contributed by atoms with Gasteiger partial charge >= 0.3 is 35.8 Å². The number of carbonyl (C=O) groups excluding carboxylic acids is 6. The fraction of sp³-hybridized carbons (Fsp3) is 0.614. The van der Waals surface area contributed by atoms with Gasteiger partial charge in [0.2, 0.25) is 0 Å². The van der Waals surface area contributed by atoms with Gasteiger partial charge in [0, 0.05) is 6.08 Å². The van der Waals surface area contributed by atoms with E-state index in [1.54, 1.807) is 12.1 Å². The first kappa shape index (κ1) is 45.8. The van der Waals surface area contributed by atoms with Crippen LogP contribution in [0, 0.1) is 36.2 Å². The van der Waals surface area contributed by atoms with E-state index in [-0.39, 0.29) is 78.8 Å². The minimum Gasteiger partial charge on any atom is -0.471 e. The first-order chi connectivity index (χ1) is 28.5. The number of nitrogens with zero attached hydrogens (tertiary/aromatic N) is 1. The zero-order chi connectivity index (χ0) is 42.3. The average Bonchev–Trinajstić information content (AvgIpc) is 3.69. The molecule has 3 aliphatic carbocycles. The van der Waals surface area contributed by atoms with Crippen molar-refractivity contribution >= 4 is 59.3 Å². The van der Waals surface area contributed by atoms with Gasteiger partial charge in [0.05, 0.1) is 64.1 Å². The van der Waals surface area contributed by atoms with Crippen LogP contribution in [0.15, 0.2) is 44.5 Å². The van der Waals surface area contributed by atoms with Crippen LogP contribution in [0.4, 0.5) is 0 Å². The number of ether oxygens (including phenoxy) is 6. The predicted molar refractivity (Wildman–Crippen MR) is 219 cm³/mol. The molecule has 0 bridgehead atoms. The van der Waals surface area contributed by atoms with Gasteiger partial charge in [-0.2, -0.15) is 0 Å². The van der Waals surface area contributed by atoms with Crippen LogP contribution in [0.2, 0.25) is 0 Å². The fourth-order valence-electron chi connectivity index (χ4n) is 7.58. The molecule has 4 aliphatic rings. The van der Waals surface area contributed by atoms with Crippen LogP contribution in [-0.4, -0.2) is 61.7 Å². The lowest BCUT2D eigenvalue weighted by atomic mass is 9.82. The molecule has 0 atom stereocenters. The molecule has 0 saturated heterocycles. The first-order valence-corrected chi connectivity index (χ1v) is 22.6. The van der Waals surface area contributed by atoms with Gasteiger partial charge in [-0.3, -0.25) is 24.0 Å². The van der Waals surface area contributed by atoms with Crippen LogP contribution in [0.3, 0.4) is 0 Å². The Morgan fingerprint density at radius 2 is 1.15 bits per heavy atom. The molecular formula is C44H55NO12S2. The molecule has 15 heteroatoms. The second kappa shape index (κ2) is 22.9. The van der Waals surface area contributed by atoms with E-state index in [2.05, 4.69) is 18.3 Å². The summed E-state index contributed by atoms with van der Waals surface area (Å²) in [5.74, 6) is -2.65. The first-order valence-electron chi connectivity index (χ1n) is 20.9. The van der Waals surface area contributed by atoms with E-state index in [4.69, 9.17) is 35.0 Å². The second-order valence-corrected chi connectivity index (χ2v) is 18.0. The molecule has 0 N–H and O–H groups in total. The van der Waals surface area contributed by atoms with E-state index in [0.29, 0.717) is 90.6 Å². The van der Waals surface area contributed by atoms with E-state index < -0.39 is 23.8 Å². The number of rotatable bonds is 17. The highest BCUT2D eigenvalue weighted by Crippen LogP contribution is 2.59. The quantitative estimate of drug-likeness (QED) is 0.0365. The summed E-state index contributed by atoms with van der Waals surface area (Å²) in [5.41, 5.74) is -0.180. The van der Waals surface area contributed by atoms with E-state index >= 15 is 0 Å². The second-order valence-electron chi connectivity index (χ2n) is 15.7. The SMILES string of the molecule is [C-]#[N+]C(C(=O)OCCCC)=C1Sc2c(OC(=O)C3CCC(C)CC3)ccc(OC(=O)C3CCC(OC(=O)C4CCC(C(=O)OCCCCOC(=O)C=C)CC4)CC3)c2S1. The molecule has 0 amide bonds. The molecule has 1 aromatic carbocycles. The van der Waals surface area contributed by atoms with Gasteiger partial charge in [-0.15, -0.1) is 0 Å². The van der Waals surface area contributed by atoms with E-state index in [1.165, 1.54) is 0 Å². The van der Waals surface area contributed by atoms with Crippen molar-refractivity contribution in [3.8, 4) is 11.5 Å². The molecule has 5 rings (SSSR count). The molecule has 1 aromatic rings. The van der Waals surface area contributed by atoms with Crippen LogP contribution >= 0.6 is 23.5 Å². The molecule has 1 aliphatic heterocycles. The maximum absolute atomic E-state index is 13.6. The fourth-order valence-corrected chi connectivity index (χ4v) is 10.1. The molecule has 59 heavy (non-hydrogen) atoms. The molecule has 0 spiro atoms. The molecule has 0 unspecified atom stereocenters. The minimum absolute atomic E-state index is 0.180. The Morgan fingerprint density at radius 3 is 1.68 bits per heavy atom. The van der Waals surface area contributed by atoms with Crippen molar-refractivity contribution in [3.63, 3.8) is 0 Å². The Bertz CT molecular complexity index is 1780. The molecule has 13 nitrogen and oxygen atoms in total. The molecule has 0 radical (unpaired) electrons. The number of hydrogen-bond donors (Lipinski definition) is 0. The maximum Gasteiger partial charge on any atom is 0.338 e. The molecular weight excluding hydrogens is 799 g/mol. The summed E-state index contributed by atoms with van der Waals surface area (Å²) in [6, 6.07) is 3.18. The summed E-state index contributed by atoms with van der Waals surface area (Å²) in [6.45, 7) is 15.9. The van der Waals surface area contributed by atoms with Crippen molar-refractivity contribution < 1.29 is 57.2 Å². The number of esters is 6. The standard InChI is InChI=1S/C44H55NO12S2/c1-5-7-24-54-43(51)36(45-4)44-58-37-33(56-41(49)29-12-10-27(3)11-13-29)22-23-34(38(37)59-44)57-42(50)31-18-20-32(21-19-31)55-40(48)30-16-14-28(15-17-30)39(47)53-26-9-8-25-52-35(46)6-2/h6,22-23,27-32H,2,5,7-21,24-26H2,1,3H3. The average molecular weight is 854 g/mol. The van der Waals surface area contributed by atoms with Crippen LogP contribution in [0.25, 0.3) is 4.85 Å². The molecule has 3 saturated carbocycles. The smallest absolute Gasteiger partial charge is 0.338 e. The number of fused-ring (bicyclic) bond motifs is 1. The van der Waals surface area contributed by atoms with Gasteiger partial charge in [0.15, 0.2) is 0 Å². The van der Waals surface area contributed by atoms with Gasteiger partial charge in [0.25, 0.3) is 5.70 Å². The zero-order valence-electron chi connectivity index (χ0n) is 34.0. The van der Waals surface area contributed by atoms with Crippen LogP contribution in [0.5, 0.6) is 11.5 Å². The molecule has 320 valence electrons. The summed E-state index contributed by atoms with van der Waals surface area (Å²) in [7, 11) is 0. The lowest BCUT2D eigenvalue weighted by Gasteiger charge is -2.30. The van der Waals surface area contributed by atoms with Crippen molar-refractivity contribution in [1.29, 1.82) is 0 Å². The largest absolute Gasteiger partial charge is 0.471 e. The van der Waals surface area contributed by atoms with Crippen LogP contribution in [-0.2, 0) is 47.7 Å². The van der Waals surface area contributed by atoms with Gasteiger partial charge < -0.3 is 28.4 Å². The van der Waals surface area contributed by atoms with Gasteiger partial charge in [0.1, 0.15) is 17.6 Å². The van der Waals surface area contributed by atoms with Crippen LogP contribution < -0.4 is 9.47 Å². The number of hydrogen-bond acceptors (Lipinski definition) is 14. The Morgan fingerprint density at radius 1 is 0.678 bits per heavy atom. The summed E-state index contributed by atoms with van der Waals surface area (Å²) in [4.78, 5) is 80.9. The number of unbranched alkanes of at least 4 members (excludes halogenated alkanes) is 2. The summed E-state index contributed by atoms with van der Waals surface area (Å²) in [5, 5.41) is 0. The topological polar surface area (TPSA) is 162 Å². The third-order valence-corrected chi connectivity index (χ3v) is 13.9. The Hall–Kier alpha value is -4.29. The number of carbonyl (C=O) groups is 6. The van der Waals surface area contributed by atoms with E-state index in [1.807, 2.05) is 6.92 Å².